The number of carbonyl (C=O) groups is 1. The minimum atomic E-state index is -5.06. The van der Waals surface area contributed by atoms with Crippen LogP contribution in [0, 0.1) is 5.82 Å². The van der Waals surface area contributed by atoms with E-state index >= 15 is 0 Å². The van der Waals surface area contributed by atoms with Crippen molar-refractivity contribution in [1.29, 1.82) is 0 Å². The topological polar surface area (TPSA) is 165 Å². The third-order valence-electron chi connectivity index (χ3n) is 5.36. The van der Waals surface area contributed by atoms with Crippen LogP contribution in [0.4, 0.5) is 48.1 Å². The van der Waals surface area contributed by atoms with Crippen LogP contribution < -0.4 is 20.5 Å². The average molecular weight is 634 g/mol. The molecule has 0 atom stereocenters. The maximum atomic E-state index is 13.3. The van der Waals surface area contributed by atoms with Gasteiger partial charge in [-0.05, 0) is 35.9 Å². The number of aromatic nitrogens is 4. The Morgan fingerprint density at radius 1 is 1.02 bits per heavy atom. The number of rotatable bonds is 10. The lowest BCUT2D eigenvalue weighted by atomic mass is 10.1. The maximum Gasteiger partial charge on any atom is 0.451 e. The molecule has 43 heavy (non-hydrogen) atoms. The third kappa shape index (κ3) is 8.09. The van der Waals surface area contributed by atoms with E-state index in [2.05, 4.69) is 25.5 Å². The van der Waals surface area contributed by atoms with Gasteiger partial charge in [0.25, 0.3) is 5.91 Å². The quantitative estimate of drug-likeness (QED) is 0.182. The van der Waals surface area contributed by atoms with Gasteiger partial charge in [0.05, 0.1) is 5.69 Å². The Labute approximate surface area is 237 Å². The van der Waals surface area contributed by atoms with Gasteiger partial charge in [0.1, 0.15) is 41.1 Å². The predicted molar refractivity (Wildman–Crippen MR) is 137 cm³/mol. The number of alkyl halides is 6. The van der Waals surface area contributed by atoms with Gasteiger partial charge in [0.2, 0.25) is 15.8 Å². The standard InChI is InChI=1S/C24H18F7N7O4S/c25-14-4-1-12(2-5-14)10-42-16-9-13(3-6-15(16)38-43(40,41)11-23(26,27)28)19-18(20(32)39)21(37-36-19)34-17-7-8-33-22(35-17)24(29,30)31/h1-9,38H,10-11H2,(H2,32,39)(H2,33,34,35,36,37). The zero-order valence-electron chi connectivity index (χ0n) is 21.2. The molecule has 0 radical (unpaired) electrons. The van der Waals surface area contributed by atoms with Crippen LogP contribution in [0.2, 0.25) is 0 Å². The molecule has 0 spiro atoms. The molecule has 1 amide bonds. The summed E-state index contributed by atoms with van der Waals surface area (Å²) in [6.45, 7) is -0.289. The van der Waals surface area contributed by atoms with Crippen molar-refractivity contribution in [3.05, 3.63) is 77.5 Å². The Morgan fingerprint density at radius 2 is 1.72 bits per heavy atom. The van der Waals surface area contributed by atoms with Gasteiger partial charge in [-0.1, -0.05) is 18.2 Å². The minimum Gasteiger partial charge on any atom is -0.487 e. The summed E-state index contributed by atoms with van der Waals surface area (Å²) < 4.78 is 122. The summed E-state index contributed by atoms with van der Waals surface area (Å²) in [6.07, 6.45) is -9.10. The van der Waals surface area contributed by atoms with Crippen LogP contribution in [0.5, 0.6) is 5.75 Å². The summed E-state index contributed by atoms with van der Waals surface area (Å²) in [5.74, 6) is -6.27. The first kappa shape index (κ1) is 31.0. The number of aromatic amines is 1. The van der Waals surface area contributed by atoms with E-state index < -0.39 is 51.4 Å². The maximum absolute atomic E-state index is 13.3. The van der Waals surface area contributed by atoms with Crippen molar-refractivity contribution >= 4 is 33.3 Å². The molecular formula is C24H18F7N7O4S. The molecule has 4 aromatic rings. The molecule has 2 heterocycles. The Balaban J connectivity index is 1.72. The number of H-pyrrole nitrogens is 1. The van der Waals surface area contributed by atoms with Crippen molar-refractivity contribution in [2.45, 2.75) is 19.0 Å². The first-order chi connectivity index (χ1) is 20.0. The number of ether oxygens (including phenoxy) is 1. The van der Waals surface area contributed by atoms with Crippen LogP contribution in [-0.2, 0) is 22.8 Å². The number of carbonyl (C=O) groups excluding carboxylic acids is 1. The van der Waals surface area contributed by atoms with Crippen LogP contribution in [0.25, 0.3) is 11.3 Å². The van der Waals surface area contributed by atoms with Gasteiger partial charge in [-0.15, -0.1) is 0 Å². The molecule has 0 fully saturated rings. The number of benzene rings is 2. The lowest BCUT2D eigenvalue weighted by Crippen LogP contribution is -2.28. The van der Waals surface area contributed by atoms with Crippen LogP contribution in [-0.4, -0.2) is 46.4 Å². The number of nitrogens with one attached hydrogen (secondary N) is 3. The number of sulfonamides is 1. The number of anilines is 3. The van der Waals surface area contributed by atoms with Gasteiger partial charge in [0.15, 0.2) is 5.75 Å². The van der Waals surface area contributed by atoms with E-state index in [1.807, 2.05) is 0 Å². The van der Waals surface area contributed by atoms with Crippen molar-refractivity contribution < 1.29 is 48.7 Å². The van der Waals surface area contributed by atoms with Crippen LogP contribution in [0.3, 0.4) is 0 Å². The highest BCUT2D eigenvalue weighted by atomic mass is 32.2. The van der Waals surface area contributed by atoms with Gasteiger partial charge < -0.3 is 15.8 Å². The average Bonchev–Trinajstić information content (AvgIpc) is 3.31. The van der Waals surface area contributed by atoms with Gasteiger partial charge >= 0.3 is 12.4 Å². The lowest BCUT2D eigenvalue weighted by molar-refractivity contribution is -0.144. The highest BCUT2D eigenvalue weighted by Crippen LogP contribution is 2.36. The number of amides is 1. The Bertz CT molecular complexity index is 1740. The summed E-state index contributed by atoms with van der Waals surface area (Å²) in [5, 5.41) is 8.82. The van der Waals surface area contributed by atoms with Crippen molar-refractivity contribution in [3.8, 4) is 17.0 Å². The van der Waals surface area contributed by atoms with Gasteiger partial charge in [-0.2, -0.15) is 31.4 Å². The highest BCUT2D eigenvalue weighted by Gasteiger charge is 2.36. The fourth-order valence-corrected chi connectivity index (χ4v) is 4.62. The number of halogens is 7. The number of primary amides is 1. The van der Waals surface area contributed by atoms with E-state index in [1.165, 1.54) is 18.2 Å². The van der Waals surface area contributed by atoms with Crippen molar-refractivity contribution in [1.82, 2.24) is 20.2 Å². The Kier molecular flexibility index (Phi) is 8.47. The molecule has 4 rings (SSSR count). The second-order valence-electron chi connectivity index (χ2n) is 8.68. The Hall–Kier alpha value is -4.94. The molecule has 5 N–H and O–H groups in total. The van der Waals surface area contributed by atoms with Gasteiger partial charge in [0, 0.05) is 11.8 Å². The van der Waals surface area contributed by atoms with Crippen LogP contribution in [0.15, 0.2) is 54.7 Å². The molecule has 0 aliphatic heterocycles. The summed E-state index contributed by atoms with van der Waals surface area (Å²) in [4.78, 5) is 18.8. The lowest BCUT2D eigenvalue weighted by Gasteiger charge is -2.16. The fourth-order valence-electron chi connectivity index (χ4n) is 3.61. The number of hydrogen-bond donors (Lipinski definition) is 4. The van der Waals surface area contributed by atoms with Crippen molar-refractivity contribution in [2.75, 3.05) is 15.8 Å². The van der Waals surface area contributed by atoms with E-state index in [9.17, 15) is 43.9 Å². The van der Waals surface area contributed by atoms with E-state index in [-0.39, 0.29) is 40.8 Å². The monoisotopic (exact) mass is 633 g/mol. The van der Waals surface area contributed by atoms with E-state index in [0.29, 0.717) is 5.56 Å². The minimum absolute atomic E-state index is 0.0321. The van der Waals surface area contributed by atoms with Gasteiger partial charge in [-0.25, -0.2) is 22.8 Å². The fraction of sp³-hybridized carbons (Fsp3) is 0.167. The number of hydrogen-bond acceptors (Lipinski definition) is 8. The second-order valence-corrected chi connectivity index (χ2v) is 10.4. The van der Waals surface area contributed by atoms with Crippen LogP contribution >= 0.6 is 0 Å². The highest BCUT2D eigenvalue weighted by molar-refractivity contribution is 7.92. The zero-order valence-corrected chi connectivity index (χ0v) is 22.0. The SMILES string of the molecule is NC(=O)c1c(-c2ccc(NS(=O)(=O)CC(F)(F)F)c(OCc3ccc(F)cc3)c2)n[nH]c1Nc1ccnc(C(F)(F)F)n1. The molecule has 11 nitrogen and oxygen atoms in total. The number of nitrogens with zero attached hydrogens (tertiary/aromatic N) is 3. The molecule has 0 saturated heterocycles. The predicted octanol–water partition coefficient (Wildman–Crippen LogP) is 4.75. The summed E-state index contributed by atoms with van der Waals surface area (Å²) in [5.41, 5.74) is 4.98. The van der Waals surface area contributed by atoms with Gasteiger partial charge in [-0.3, -0.25) is 14.6 Å². The largest absolute Gasteiger partial charge is 0.487 e. The summed E-state index contributed by atoms with van der Waals surface area (Å²) in [6, 6.07) is 9.35. The first-order valence-corrected chi connectivity index (χ1v) is 13.3. The first-order valence-electron chi connectivity index (χ1n) is 11.6. The normalized spacial score (nSPS) is 12.2. The molecule has 0 bridgehead atoms. The Morgan fingerprint density at radius 3 is 2.35 bits per heavy atom. The molecule has 19 heteroatoms. The van der Waals surface area contributed by atoms with E-state index in [0.717, 1.165) is 36.5 Å². The molecule has 2 aromatic heterocycles. The molecule has 2 aromatic carbocycles. The molecule has 0 aliphatic rings. The second kappa shape index (κ2) is 11.7. The smallest absolute Gasteiger partial charge is 0.451 e. The molecule has 228 valence electrons. The summed E-state index contributed by atoms with van der Waals surface area (Å²) in [7, 11) is -4.95. The molecule has 0 aliphatic carbocycles. The summed E-state index contributed by atoms with van der Waals surface area (Å²) >= 11 is 0. The zero-order chi connectivity index (χ0) is 31.6. The van der Waals surface area contributed by atoms with Crippen LogP contribution in [0.1, 0.15) is 21.7 Å². The van der Waals surface area contributed by atoms with E-state index in [4.69, 9.17) is 10.5 Å². The van der Waals surface area contributed by atoms with E-state index in [1.54, 1.807) is 4.72 Å². The van der Waals surface area contributed by atoms with Crippen molar-refractivity contribution in [3.63, 3.8) is 0 Å². The van der Waals surface area contributed by atoms with Crippen molar-refractivity contribution in [2.24, 2.45) is 5.73 Å². The number of nitrogens with two attached hydrogens (primary N) is 1. The molecule has 0 saturated carbocycles. The third-order valence-corrected chi connectivity index (χ3v) is 6.59. The molecular weight excluding hydrogens is 615 g/mol. The molecule has 0 unspecified atom stereocenters.